The normalized spacial score (nSPS) is 10.7. The summed E-state index contributed by atoms with van der Waals surface area (Å²) in [5, 5.41) is 28.2. The van der Waals surface area contributed by atoms with Gasteiger partial charge < -0.3 is 9.64 Å². The molecule has 9 nitrogen and oxygen atoms in total. The molecular formula is C19H21N5O4S. The molecule has 0 amide bonds. The first-order chi connectivity index (χ1) is 13.8. The van der Waals surface area contributed by atoms with Crippen LogP contribution in [0, 0.1) is 35.3 Å². The van der Waals surface area contributed by atoms with Gasteiger partial charge in [0.15, 0.2) is 5.00 Å². The smallest absolute Gasteiger partial charge is 0.341 e. The third-order valence-electron chi connectivity index (χ3n) is 4.33. The highest BCUT2D eigenvalue weighted by molar-refractivity contribution is 7.19. The monoisotopic (exact) mass is 415 g/mol. The molecule has 0 saturated carbocycles. The molecule has 0 aliphatic heterocycles. The number of nitrogens with zero attached hydrogens (tertiary/aromatic N) is 5. The zero-order valence-electron chi connectivity index (χ0n) is 16.6. The summed E-state index contributed by atoms with van der Waals surface area (Å²) >= 11 is 0.785. The third-order valence-corrected chi connectivity index (χ3v) is 5.46. The van der Waals surface area contributed by atoms with E-state index in [4.69, 9.17) is 10.00 Å². The standard InChI is InChI=1S/C19H21N5O4S/c1-5-23(10-6-9-20)14-7-8-15(12(2)11-14)21-22-17-16(19(25)28-4)13(3)18(29-17)24(26)27/h7-8,11H,5-6,10H2,1-4H3. The molecule has 0 radical (unpaired) electrons. The van der Waals surface area contributed by atoms with E-state index < -0.39 is 10.9 Å². The first-order valence-corrected chi connectivity index (χ1v) is 9.66. The lowest BCUT2D eigenvalue weighted by atomic mass is 10.1. The summed E-state index contributed by atoms with van der Waals surface area (Å²) in [5.74, 6) is -0.691. The average molecular weight is 415 g/mol. The van der Waals surface area contributed by atoms with Gasteiger partial charge in [0.05, 0.1) is 35.8 Å². The van der Waals surface area contributed by atoms with Gasteiger partial charge in [-0.15, -0.1) is 10.2 Å². The Balaban J connectivity index is 2.37. The van der Waals surface area contributed by atoms with Crippen LogP contribution in [-0.4, -0.2) is 31.1 Å². The van der Waals surface area contributed by atoms with Crippen LogP contribution in [-0.2, 0) is 4.74 Å². The molecule has 0 aliphatic carbocycles. The number of aryl methyl sites for hydroxylation is 1. The van der Waals surface area contributed by atoms with Crippen molar-refractivity contribution < 1.29 is 14.5 Å². The van der Waals surface area contributed by atoms with Gasteiger partial charge in [-0.05, 0) is 55.9 Å². The summed E-state index contributed by atoms with van der Waals surface area (Å²) < 4.78 is 4.73. The first kappa shape index (κ1) is 22.0. The first-order valence-electron chi connectivity index (χ1n) is 8.84. The fourth-order valence-electron chi connectivity index (χ4n) is 2.78. The van der Waals surface area contributed by atoms with Gasteiger partial charge >= 0.3 is 11.0 Å². The minimum Gasteiger partial charge on any atom is -0.465 e. The molecule has 1 aromatic carbocycles. The van der Waals surface area contributed by atoms with Gasteiger partial charge in [-0.2, -0.15) is 5.26 Å². The van der Waals surface area contributed by atoms with Gasteiger partial charge in [-0.3, -0.25) is 10.1 Å². The van der Waals surface area contributed by atoms with E-state index in [1.807, 2.05) is 26.0 Å². The van der Waals surface area contributed by atoms with E-state index >= 15 is 0 Å². The number of hydrogen-bond donors (Lipinski definition) is 0. The molecule has 0 unspecified atom stereocenters. The highest BCUT2D eigenvalue weighted by Crippen LogP contribution is 2.41. The summed E-state index contributed by atoms with van der Waals surface area (Å²) in [6.07, 6.45) is 0.432. The topological polar surface area (TPSA) is 121 Å². The second-order valence-electron chi connectivity index (χ2n) is 6.12. The Morgan fingerprint density at radius 2 is 2.10 bits per heavy atom. The van der Waals surface area contributed by atoms with Crippen molar-refractivity contribution in [3.8, 4) is 6.07 Å². The van der Waals surface area contributed by atoms with Crippen LogP contribution < -0.4 is 4.90 Å². The average Bonchev–Trinajstić information content (AvgIpc) is 3.03. The number of esters is 1. The minimum absolute atomic E-state index is 0.0517. The van der Waals surface area contributed by atoms with Crippen LogP contribution in [0.4, 0.5) is 21.4 Å². The lowest BCUT2D eigenvalue weighted by Crippen LogP contribution is -2.23. The van der Waals surface area contributed by atoms with Crippen molar-refractivity contribution >= 4 is 38.7 Å². The number of carbonyl (C=O) groups is 1. The summed E-state index contributed by atoms with van der Waals surface area (Å²) in [5.41, 5.74) is 2.66. The van der Waals surface area contributed by atoms with Crippen molar-refractivity contribution in [2.24, 2.45) is 10.2 Å². The van der Waals surface area contributed by atoms with Gasteiger partial charge in [0.25, 0.3) is 0 Å². The van der Waals surface area contributed by atoms with E-state index in [0.29, 0.717) is 18.7 Å². The number of ether oxygens (including phenoxy) is 1. The van der Waals surface area contributed by atoms with Gasteiger partial charge in [-0.25, -0.2) is 4.79 Å². The van der Waals surface area contributed by atoms with Crippen molar-refractivity contribution in [2.75, 3.05) is 25.1 Å². The number of benzene rings is 1. The van der Waals surface area contributed by atoms with Crippen LogP contribution in [0.2, 0.25) is 0 Å². The predicted octanol–water partition coefficient (Wildman–Crippen LogP) is 5.22. The number of rotatable bonds is 8. The Morgan fingerprint density at radius 3 is 2.66 bits per heavy atom. The maximum atomic E-state index is 12.0. The van der Waals surface area contributed by atoms with E-state index in [0.717, 1.165) is 29.1 Å². The largest absolute Gasteiger partial charge is 0.465 e. The second kappa shape index (κ2) is 9.75. The predicted molar refractivity (Wildman–Crippen MR) is 111 cm³/mol. The van der Waals surface area contributed by atoms with Crippen molar-refractivity contribution in [2.45, 2.75) is 27.2 Å². The highest BCUT2D eigenvalue weighted by atomic mass is 32.1. The Labute approximate surface area is 172 Å². The van der Waals surface area contributed by atoms with Crippen molar-refractivity contribution in [1.82, 2.24) is 0 Å². The van der Waals surface area contributed by atoms with Gasteiger partial charge in [0.1, 0.15) is 5.56 Å². The Kier molecular flexibility index (Phi) is 7.39. The second-order valence-corrected chi connectivity index (χ2v) is 7.10. The molecule has 1 heterocycles. The summed E-state index contributed by atoms with van der Waals surface area (Å²) in [6, 6.07) is 7.75. The SMILES string of the molecule is CCN(CCC#N)c1ccc(N=Nc2sc([N+](=O)[O-])c(C)c2C(=O)OC)c(C)c1. The molecule has 0 fully saturated rings. The number of nitriles is 1. The molecule has 1 aromatic heterocycles. The molecule has 0 saturated heterocycles. The van der Waals surface area contributed by atoms with E-state index in [1.165, 1.54) is 14.0 Å². The van der Waals surface area contributed by atoms with Crippen molar-refractivity contribution in [3.63, 3.8) is 0 Å². The van der Waals surface area contributed by atoms with Crippen LogP contribution in [0.1, 0.15) is 34.8 Å². The van der Waals surface area contributed by atoms with Crippen molar-refractivity contribution in [3.05, 3.63) is 45.0 Å². The minimum atomic E-state index is -0.691. The molecule has 0 N–H and O–H groups in total. The fraction of sp³-hybridized carbons (Fsp3) is 0.368. The Morgan fingerprint density at radius 1 is 1.38 bits per heavy atom. The lowest BCUT2D eigenvalue weighted by molar-refractivity contribution is -0.380. The molecule has 0 aliphatic rings. The number of nitro groups is 1. The molecule has 0 spiro atoms. The van der Waals surface area contributed by atoms with Crippen molar-refractivity contribution in [1.29, 1.82) is 5.26 Å². The van der Waals surface area contributed by atoms with Crippen LogP contribution in [0.3, 0.4) is 0 Å². The van der Waals surface area contributed by atoms with E-state index in [1.54, 1.807) is 6.07 Å². The fourth-order valence-corrected chi connectivity index (χ4v) is 3.71. The van der Waals surface area contributed by atoms with E-state index in [2.05, 4.69) is 21.2 Å². The van der Waals surface area contributed by atoms with E-state index in [9.17, 15) is 14.9 Å². The molecule has 29 heavy (non-hydrogen) atoms. The molecule has 2 aromatic rings. The van der Waals surface area contributed by atoms with Crippen LogP contribution in [0.5, 0.6) is 0 Å². The number of hydrogen-bond acceptors (Lipinski definition) is 9. The lowest BCUT2D eigenvalue weighted by Gasteiger charge is -2.22. The van der Waals surface area contributed by atoms with Crippen LogP contribution in [0.25, 0.3) is 0 Å². The number of thiophene rings is 1. The number of methoxy groups -OCH3 is 1. The number of anilines is 1. The summed E-state index contributed by atoms with van der Waals surface area (Å²) in [6.45, 7) is 6.77. The summed E-state index contributed by atoms with van der Waals surface area (Å²) in [7, 11) is 1.21. The summed E-state index contributed by atoms with van der Waals surface area (Å²) in [4.78, 5) is 24.8. The molecule has 2 rings (SSSR count). The number of carbonyl (C=O) groups excluding carboxylic acids is 1. The maximum absolute atomic E-state index is 12.0. The molecular weight excluding hydrogens is 394 g/mol. The zero-order chi connectivity index (χ0) is 21.6. The zero-order valence-corrected chi connectivity index (χ0v) is 17.4. The maximum Gasteiger partial charge on any atom is 0.341 e. The molecule has 152 valence electrons. The Hall–Kier alpha value is -3.32. The van der Waals surface area contributed by atoms with Gasteiger partial charge in [0, 0.05) is 18.8 Å². The molecule has 0 atom stereocenters. The highest BCUT2D eigenvalue weighted by Gasteiger charge is 2.28. The van der Waals surface area contributed by atoms with Gasteiger partial charge in [-0.1, -0.05) is 0 Å². The third kappa shape index (κ3) is 4.94. The van der Waals surface area contributed by atoms with Gasteiger partial charge in [0.2, 0.25) is 0 Å². The van der Waals surface area contributed by atoms with Crippen LogP contribution >= 0.6 is 11.3 Å². The molecule has 0 bridgehead atoms. The molecule has 10 heteroatoms. The van der Waals surface area contributed by atoms with Crippen LogP contribution in [0.15, 0.2) is 28.4 Å². The number of azo groups is 1. The quantitative estimate of drug-likeness (QED) is 0.252. The Bertz CT molecular complexity index is 993. The van der Waals surface area contributed by atoms with E-state index in [-0.39, 0.29) is 21.1 Å².